The summed E-state index contributed by atoms with van der Waals surface area (Å²) in [6, 6.07) is 13.5. The van der Waals surface area contributed by atoms with Gasteiger partial charge < -0.3 is 9.64 Å². The summed E-state index contributed by atoms with van der Waals surface area (Å²) in [6.45, 7) is 0.172. The van der Waals surface area contributed by atoms with E-state index in [0.29, 0.717) is 28.2 Å². The molecule has 2 bridgehead atoms. The van der Waals surface area contributed by atoms with Crippen molar-refractivity contribution in [2.45, 2.75) is 12.8 Å². The number of amides is 3. The summed E-state index contributed by atoms with van der Waals surface area (Å²) < 4.78 is 5.62. The van der Waals surface area contributed by atoms with Crippen LogP contribution in [0.1, 0.15) is 12.8 Å². The number of carbonyl (C=O) groups is 4. The first-order valence-corrected chi connectivity index (χ1v) is 12.7. The van der Waals surface area contributed by atoms with Gasteiger partial charge in [0.15, 0.2) is 0 Å². The molecule has 7 nitrogen and oxygen atoms in total. The average Bonchev–Trinajstić information content (AvgIpc) is 3.55. The molecule has 8 heteroatoms. The van der Waals surface area contributed by atoms with Crippen LogP contribution in [-0.4, -0.2) is 30.2 Å². The summed E-state index contributed by atoms with van der Waals surface area (Å²) >= 11 is 6.23. The van der Waals surface area contributed by atoms with E-state index in [1.807, 2.05) is 0 Å². The minimum Gasteiger partial charge on any atom is -0.426 e. The maximum absolute atomic E-state index is 13.4. The van der Waals surface area contributed by atoms with Crippen molar-refractivity contribution in [1.82, 2.24) is 0 Å². The summed E-state index contributed by atoms with van der Waals surface area (Å²) in [4.78, 5) is 55.1. The van der Waals surface area contributed by atoms with Crippen LogP contribution in [-0.2, 0) is 19.2 Å². The third-order valence-electron chi connectivity index (χ3n) is 8.56. The van der Waals surface area contributed by atoms with Gasteiger partial charge in [-0.05, 0) is 54.4 Å². The van der Waals surface area contributed by atoms with Crippen LogP contribution >= 0.6 is 11.6 Å². The zero-order chi connectivity index (χ0) is 24.7. The van der Waals surface area contributed by atoms with Crippen molar-refractivity contribution in [3.05, 3.63) is 65.7 Å². The number of ether oxygens (including phenoxy) is 1. The Morgan fingerprint density at radius 2 is 1.61 bits per heavy atom. The molecule has 4 fully saturated rings. The van der Waals surface area contributed by atoms with Crippen LogP contribution in [0.2, 0.25) is 5.02 Å². The zero-order valence-corrected chi connectivity index (χ0v) is 20.0. The van der Waals surface area contributed by atoms with Crippen LogP contribution in [0.4, 0.5) is 11.4 Å². The first kappa shape index (κ1) is 21.8. The second-order valence-corrected chi connectivity index (χ2v) is 10.8. The van der Waals surface area contributed by atoms with Gasteiger partial charge in [-0.25, -0.2) is 4.90 Å². The van der Waals surface area contributed by atoms with E-state index < -0.39 is 11.9 Å². The monoisotopic (exact) mass is 502 g/mol. The van der Waals surface area contributed by atoms with Gasteiger partial charge >= 0.3 is 5.97 Å². The molecule has 8 rings (SSSR count). The van der Waals surface area contributed by atoms with Crippen molar-refractivity contribution < 1.29 is 23.9 Å². The number of benzene rings is 2. The SMILES string of the molecule is O=C(Oc1cccc(N2C(=O)[C@@H]3[C@H]4C=C[C@@H]([C@@H]5C[C@H]45)[C@@H]3C2=O)c1)[C@H]1CC(=O)N(c2ccccc2Cl)C1. The van der Waals surface area contributed by atoms with E-state index in [1.54, 1.807) is 48.5 Å². The lowest BCUT2D eigenvalue weighted by Crippen LogP contribution is -2.40. The number of imide groups is 1. The van der Waals surface area contributed by atoms with Crippen LogP contribution in [0.15, 0.2) is 60.7 Å². The predicted octanol–water partition coefficient (Wildman–Crippen LogP) is 3.86. The van der Waals surface area contributed by atoms with E-state index in [-0.39, 0.29) is 60.1 Å². The maximum Gasteiger partial charge on any atom is 0.316 e. The van der Waals surface area contributed by atoms with Crippen LogP contribution in [0.5, 0.6) is 5.75 Å². The molecule has 36 heavy (non-hydrogen) atoms. The van der Waals surface area contributed by atoms with Gasteiger partial charge in [-0.1, -0.05) is 42.0 Å². The van der Waals surface area contributed by atoms with E-state index >= 15 is 0 Å². The molecule has 7 atom stereocenters. The number of para-hydroxylation sites is 1. The molecular weight excluding hydrogens is 480 g/mol. The van der Waals surface area contributed by atoms with E-state index in [1.165, 1.54) is 9.80 Å². The quantitative estimate of drug-likeness (QED) is 0.274. The highest BCUT2D eigenvalue weighted by atomic mass is 35.5. The van der Waals surface area contributed by atoms with Crippen molar-refractivity contribution in [2.75, 3.05) is 16.3 Å². The Hall–Kier alpha value is -3.45. The van der Waals surface area contributed by atoms with Crippen molar-refractivity contribution >= 4 is 46.7 Å². The van der Waals surface area contributed by atoms with Gasteiger partial charge in [0.05, 0.1) is 34.2 Å². The smallest absolute Gasteiger partial charge is 0.316 e. The highest BCUT2D eigenvalue weighted by Gasteiger charge is 2.67. The normalized spacial score (nSPS) is 33.7. The maximum atomic E-state index is 13.4. The van der Waals surface area contributed by atoms with Gasteiger partial charge in [0, 0.05) is 19.0 Å². The topological polar surface area (TPSA) is 84.0 Å². The summed E-state index contributed by atoms with van der Waals surface area (Å²) in [6.07, 6.45) is 5.41. The molecule has 0 N–H and O–H groups in total. The van der Waals surface area contributed by atoms with Crippen LogP contribution in [0.3, 0.4) is 0 Å². The number of hydrogen-bond donors (Lipinski definition) is 0. The van der Waals surface area contributed by atoms with Gasteiger partial charge in [0.2, 0.25) is 17.7 Å². The second-order valence-electron chi connectivity index (χ2n) is 10.4. The van der Waals surface area contributed by atoms with Gasteiger partial charge in [-0.15, -0.1) is 0 Å². The lowest BCUT2D eigenvalue weighted by molar-refractivity contribution is -0.139. The number of rotatable bonds is 4. The molecule has 3 amide bonds. The molecule has 2 aliphatic heterocycles. The highest BCUT2D eigenvalue weighted by molar-refractivity contribution is 6.34. The van der Waals surface area contributed by atoms with Crippen molar-refractivity contribution in [3.8, 4) is 5.75 Å². The summed E-state index contributed by atoms with van der Waals surface area (Å²) in [5.41, 5.74) is 0.980. The minimum atomic E-state index is -0.649. The molecule has 4 aliphatic carbocycles. The number of halogens is 1. The van der Waals surface area contributed by atoms with E-state index in [4.69, 9.17) is 16.3 Å². The fraction of sp³-hybridized carbons (Fsp3) is 0.357. The van der Waals surface area contributed by atoms with Gasteiger partial charge in [-0.3, -0.25) is 19.2 Å². The van der Waals surface area contributed by atoms with Crippen LogP contribution in [0, 0.1) is 41.4 Å². The molecule has 182 valence electrons. The predicted molar refractivity (Wildman–Crippen MR) is 131 cm³/mol. The van der Waals surface area contributed by atoms with Crippen molar-refractivity contribution in [1.29, 1.82) is 0 Å². The molecule has 0 aromatic heterocycles. The number of allylic oxidation sites excluding steroid dienone is 2. The number of nitrogens with zero attached hydrogens (tertiary/aromatic N) is 2. The molecule has 2 aromatic rings. The first-order valence-electron chi connectivity index (χ1n) is 12.3. The molecule has 0 unspecified atom stereocenters. The summed E-state index contributed by atoms with van der Waals surface area (Å²) in [5, 5.41) is 0.439. The average molecular weight is 503 g/mol. The Morgan fingerprint density at radius 1 is 0.917 bits per heavy atom. The van der Waals surface area contributed by atoms with E-state index in [9.17, 15) is 19.2 Å². The Bertz CT molecular complexity index is 1340. The van der Waals surface area contributed by atoms with Crippen LogP contribution < -0.4 is 14.5 Å². The van der Waals surface area contributed by atoms with Crippen LogP contribution in [0.25, 0.3) is 0 Å². The molecule has 2 saturated heterocycles. The lowest BCUT2D eigenvalue weighted by atomic mass is 9.63. The second kappa shape index (κ2) is 7.77. The van der Waals surface area contributed by atoms with Gasteiger partial charge in [0.1, 0.15) is 5.75 Å². The highest BCUT2D eigenvalue weighted by Crippen LogP contribution is 2.65. The summed E-state index contributed by atoms with van der Waals surface area (Å²) in [5.74, 6) is -0.683. The Balaban J connectivity index is 1.08. The van der Waals surface area contributed by atoms with E-state index in [0.717, 1.165) is 6.42 Å². The molecule has 2 heterocycles. The molecule has 6 aliphatic rings. The largest absolute Gasteiger partial charge is 0.426 e. The molecule has 0 spiro atoms. The fourth-order valence-electron chi connectivity index (χ4n) is 6.87. The molecular formula is C28H23ClN2O5. The Labute approximate surface area is 212 Å². The molecule has 0 radical (unpaired) electrons. The molecule has 2 saturated carbocycles. The third-order valence-corrected chi connectivity index (χ3v) is 8.88. The third kappa shape index (κ3) is 3.11. The Kier molecular flexibility index (Phi) is 4.71. The first-order chi connectivity index (χ1) is 17.4. The van der Waals surface area contributed by atoms with E-state index in [2.05, 4.69) is 12.2 Å². The van der Waals surface area contributed by atoms with Crippen molar-refractivity contribution in [3.63, 3.8) is 0 Å². The summed E-state index contributed by atoms with van der Waals surface area (Å²) in [7, 11) is 0. The fourth-order valence-corrected chi connectivity index (χ4v) is 7.10. The van der Waals surface area contributed by atoms with Gasteiger partial charge in [0.25, 0.3) is 0 Å². The van der Waals surface area contributed by atoms with Crippen molar-refractivity contribution in [2.24, 2.45) is 41.4 Å². The Morgan fingerprint density at radius 3 is 2.31 bits per heavy atom. The number of carbonyl (C=O) groups excluding carboxylic acids is 4. The van der Waals surface area contributed by atoms with Gasteiger partial charge in [-0.2, -0.15) is 0 Å². The standard InChI is InChI=1S/C28H23ClN2O5/c29-21-6-1-2-7-22(21)30-13-14(10-23(30)32)28(35)36-16-5-3-4-15(11-16)31-26(33)24-17-8-9-18(20-12-19(17)20)25(24)27(31)34/h1-9,11,14,17-20,24-25H,10,12-13H2/t14-,17-,18-,19-,20+,24-,25+/m0/s1. The lowest BCUT2D eigenvalue weighted by Gasteiger charge is -2.37. The molecule has 2 aromatic carbocycles. The zero-order valence-electron chi connectivity index (χ0n) is 19.2. The number of anilines is 2. The number of esters is 1. The minimum absolute atomic E-state index is 0.0221. The number of hydrogen-bond acceptors (Lipinski definition) is 5.